The van der Waals surface area contributed by atoms with Gasteiger partial charge in [-0.2, -0.15) is 4.68 Å². The number of aromatic nitrogens is 4. The molecule has 1 aromatic heterocycles. The van der Waals surface area contributed by atoms with Crippen LogP contribution in [0.25, 0.3) is 5.69 Å². The van der Waals surface area contributed by atoms with Crippen molar-refractivity contribution in [3.63, 3.8) is 0 Å². The molecule has 1 amide bonds. The number of benzene rings is 1. The zero-order valence-electron chi connectivity index (χ0n) is 13.3. The van der Waals surface area contributed by atoms with Gasteiger partial charge >= 0.3 is 0 Å². The average Bonchev–Trinajstić information content (AvgIpc) is 3.11. The third kappa shape index (κ3) is 1.89. The van der Waals surface area contributed by atoms with Crippen molar-refractivity contribution >= 4 is 11.9 Å². The molecule has 1 saturated heterocycles. The molecular weight excluding hydrogens is 292 g/mol. The van der Waals surface area contributed by atoms with Crippen LogP contribution in [0, 0.1) is 16.7 Å². The van der Waals surface area contributed by atoms with Crippen molar-refractivity contribution in [3.05, 3.63) is 30.3 Å². The summed E-state index contributed by atoms with van der Waals surface area (Å²) in [6.07, 6.45) is 0.823. The number of nitrogens with zero attached hydrogens (tertiary/aromatic N) is 5. The Morgan fingerprint density at radius 3 is 2.65 bits per heavy atom. The Kier molecular flexibility index (Phi) is 2.79. The van der Waals surface area contributed by atoms with Crippen LogP contribution >= 0.6 is 0 Å². The molecule has 2 atom stereocenters. The summed E-state index contributed by atoms with van der Waals surface area (Å²) >= 11 is 0. The highest BCUT2D eigenvalue weighted by Gasteiger charge is 2.66. The molecule has 120 valence electrons. The zero-order chi connectivity index (χ0) is 16.2. The number of nitrogens with two attached hydrogens (primary N) is 1. The number of primary amides is 1. The minimum Gasteiger partial charge on any atom is -0.369 e. The highest BCUT2D eigenvalue weighted by molar-refractivity contribution is 5.84. The van der Waals surface area contributed by atoms with Gasteiger partial charge in [0.15, 0.2) is 0 Å². The van der Waals surface area contributed by atoms with Gasteiger partial charge in [-0.3, -0.25) is 4.79 Å². The Labute approximate surface area is 134 Å². The van der Waals surface area contributed by atoms with Crippen LogP contribution < -0.4 is 10.6 Å². The number of amides is 1. The van der Waals surface area contributed by atoms with Gasteiger partial charge in [0.05, 0.1) is 11.1 Å². The molecule has 2 heterocycles. The first kappa shape index (κ1) is 14.2. The van der Waals surface area contributed by atoms with E-state index in [2.05, 4.69) is 34.3 Å². The summed E-state index contributed by atoms with van der Waals surface area (Å²) in [6, 6.07) is 9.76. The van der Waals surface area contributed by atoms with Gasteiger partial charge in [-0.1, -0.05) is 37.1 Å². The zero-order valence-corrected chi connectivity index (χ0v) is 13.3. The molecule has 0 spiro atoms. The summed E-state index contributed by atoms with van der Waals surface area (Å²) in [4.78, 5) is 14.2. The van der Waals surface area contributed by atoms with Crippen LogP contribution in [0.3, 0.4) is 0 Å². The van der Waals surface area contributed by atoms with E-state index in [-0.39, 0.29) is 17.2 Å². The van der Waals surface area contributed by atoms with E-state index in [1.54, 1.807) is 4.68 Å². The first-order valence-corrected chi connectivity index (χ1v) is 7.83. The van der Waals surface area contributed by atoms with Gasteiger partial charge < -0.3 is 10.6 Å². The van der Waals surface area contributed by atoms with Crippen molar-refractivity contribution in [2.75, 3.05) is 18.0 Å². The van der Waals surface area contributed by atoms with E-state index in [0.29, 0.717) is 12.5 Å². The molecule has 0 radical (unpaired) electrons. The van der Waals surface area contributed by atoms with Gasteiger partial charge in [-0.25, -0.2) is 0 Å². The van der Waals surface area contributed by atoms with Crippen molar-refractivity contribution in [2.45, 2.75) is 20.3 Å². The number of carbonyl (C=O) groups excluding carboxylic acids is 1. The number of carbonyl (C=O) groups is 1. The van der Waals surface area contributed by atoms with E-state index in [9.17, 15) is 4.79 Å². The first-order chi connectivity index (χ1) is 10.9. The molecule has 1 aliphatic heterocycles. The second kappa shape index (κ2) is 4.53. The predicted octanol–water partition coefficient (Wildman–Crippen LogP) is 1.00. The van der Waals surface area contributed by atoms with Crippen LogP contribution in [0.15, 0.2) is 30.3 Å². The molecule has 23 heavy (non-hydrogen) atoms. The molecular formula is C16H20N6O. The second-order valence-electron chi connectivity index (χ2n) is 7.35. The van der Waals surface area contributed by atoms with Gasteiger partial charge in [-0.05, 0) is 40.3 Å². The van der Waals surface area contributed by atoms with Crippen LogP contribution in [0.1, 0.15) is 20.3 Å². The predicted molar refractivity (Wildman–Crippen MR) is 84.9 cm³/mol. The third-order valence-electron chi connectivity index (χ3n) is 5.48. The Balaban J connectivity index is 1.69. The number of hydrogen-bond donors (Lipinski definition) is 1. The van der Waals surface area contributed by atoms with Crippen LogP contribution in [-0.2, 0) is 4.79 Å². The Morgan fingerprint density at radius 2 is 2.04 bits per heavy atom. The standard InChI is InChI=1S/C16H20N6O/c1-15(2)9-16(13(17)23)10-21(8-12(15)16)14-18-19-20-22(14)11-6-4-3-5-7-11/h3-7,12H,8-10H2,1-2H3,(H2,17,23)/t12-,16+/m1/s1. The fourth-order valence-corrected chi connectivity index (χ4v) is 4.49. The number of hydrogen-bond acceptors (Lipinski definition) is 5. The SMILES string of the molecule is CC1(C)C[C@]2(C(N)=O)CN(c3nnnn3-c3ccccc3)C[C@H]12. The van der Waals surface area contributed by atoms with Crippen molar-refractivity contribution < 1.29 is 4.79 Å². The van der Waals surface area contributed by atoms with Gasteiger partial charge in [-0.15, -0.1) is 0 Å². The smallest absolute Gasteiger partial charge is 0.250 e. The van der Waals surface area contributed by atoms with E-state index < -0.39 is 5.41 Å². The maximum Gasteiger partial charge on any atom is 0.250 e. The van der Waals surface area contributed by atoms with E-state index in [1.807, 2.05) is 30.3 Å². The van der Waals surface area contributed by atoms with Crippen LogP contribution in [0.2, 0.25) is 0 Å². The quantitative estimate of drug-likeness (QED) is 0.913. The number of para-hydroxylation sites is 1. The average molecular weight is 312 g/mol. The summed E-state index contributed by atoms with van der Waals surface area (Å²) in [7, 11) is 0. The van der Waals surface area contributed by atoms with Crippen LogP contribution in [0.4, 0.5) is 5.95 Å². The van der Waals surface area contributed by atoms with Gasteiger partial charge in [0.1, 0.15) is 0 Å². The summed E-state index contributed by atoms with van der Waals surface area (Å²) in [6.45, 7) is 5.73. The topological polar surface area (TPSA) is 89.9 Å². The minimum atomic E-state index is -0.447. The Morgan fingerprint density at radius 1 is 1.30 bits per heavy atom. The molecule has 2 aromatic rings. The molecule has 2 aliphatic rings. The van der Waals surface area contributed by atoms with Gasteiger partial charge in [0.25, 0.3) is 0 Å². The largest absolute Gasteiger partial charge is 0.369 e. The molecule has 7 heteroatoms. The van der Waals surface area contributed by atoms with Gasteiger partial charge in [0.2, 0.25) is 11.9 Å². The summed E-state index contributed by atoms with van der Waals surface area (Å²) in [5, 5.41) is 12.1. The molecule has 7 nitrogen and oxygen atoms in total. The van der Waals surface area contributed by atoms with E-state index >= 15 is 0 Å². The van der Waals surface area contributed by atoms with E-state index in [1.165, 1.54) is 0 Å². The number of fused-ring (bicyclic) bond motifs is 1. The van der Waals surface area contributed by atoms with Crippen molar-refractivity contribution in [3.8, 4) is 5.69 Å². The van der Waals surface area contributed by atoms with Crippen molar-refractivity contribution in [2.24, 2.45) is 22.5 Å². The molecule has 1 aliphatic carbocycles. The van der Waals surface area contributed by atoms with Crippen LogP contribution in [-0.4, -0.2) is 39.2 Å². The molecule has 1 saturated carbocycles. The Bertz CT molecular complexity index is 755. The molecule has 1 aromatic carbocycles. The lowest BCUT2D eigenvalue weighted by molar-refractivity contribution is -0.148. The first-order valence-electron chi connectivity index (χ1n) is 7.83. The monoisotopic (exact) mass is 312 g/mol. The lowest BCUT2D eigenvalue weighted by atomic mass is 9.48. The molecule has 0 bridgehead atoms. The lowest BCUT2D eigenvalue weighted by Gasteiger charge is -2.54. The summed E-state index contributed by atoms with van der Waals surface area (Å²) in [5.74, 6) is 0.707. The Hall–Kier alpha value is -2.44. The fourth-order valence-electron chi connectivity index (χ4n) is 4.49. The lowest BCUT2D eigenvalue weighted by Crippen LogP contribution is -2.59. The highest BCUT2D eigenvalue weighted by Crippen LogP contribution is 2.62. The molecule has 2 N–H and O–H groups in total. The normalized spacial score (nSPS) is 28.3. The minimum absolute atomic E-state index is 0.120. The molecule has 0 unspecified atom stereocenters. The van der Waals surface area contributed by atoms with Crippen LogP contribution in [0.5, 0.6) is 0 Å². The third-order valence-corrected chi connectivity index (χ3v) is 5.48. The highest BCUT2D eigenvalue weighted by atomic mass is 16.1. The maximum absolute atomic E-state index is 12.1. The second-order valence-corrected chi connectivity index (χ2v) is 7.35. The molecule has 2 fully saturated rings. The van der Waals surface area contributed by atoms with E-state index in [0.717, 1.165) is 18.7 Å². The van der Waals surface area contributed by atoms with E-state index in [4.69, 9.17) is 5.73 Å². The summed E-state index contributed by atoms with van der Waals surface area (Å²) in [5.41, 5.74) is 6.31. The summed E-state index contributed by atoms with van der Waals surface area (Å²) < 4.78 is 1.71. The van der Waals surface area contributed by atoms with Crippen molar-refractivity contribution in [1.29, 1.82) is 0 Å². The van der Waals surface area contributed by atoms with Crippen molar-refractivity contribution in [1.82, 2.24) is 20.2 Å². The number of rotatable bonds is 3. The van der Waals surface area contributed by atoms with Gasteiger partial charge in [0, 0.05) is 13.1 Å². The fraction of sp³-hybridized carbons (Fsp3) is 0.500. The molecule has 4 rings (SSSR count). The number of tetrazole rings is 1. The maximum atomic E-state index is 12.1. The number of anilines is 1.